The van der Waals surface area contributed by atoms with E-state index in [0.29, 0.717) is 13.1 Å². The third kappa shape index (κ3) is 3.98. The molecule has 1 aliphatic carbocycles. The molecule has 1 amide bonds. The van der Waals surface area contributed by atoms with Crippen molar-refractivity contribution in [1.29, 1.82) is 0 Å². The summed E-state index contributed by atoms with van der Waals surface area (Å²) in [6, 6.07) is 10.5. The number of aryl methyl sites for hydroxylation is 2. The summed E-state index contributed by atoms with van der Waals surface area (Å²) < 4.78 is 10.5. The molecule has 1 atom stereocenters. The van der Waals surface area contributed by atoms with Crippen molar-refractivity contribution in [2.24, 2.45) is 0 Å². The Hall–Kier alpha value is -2.18. The Morgan fingerprint density at radius 2 is 2.07 bits per heavy atom. The predicted octanol–water partition coefficient (Wildman–Crippen LogP) is 3.70. The molecule has 1 saturated heterocycles. The summed E-state index contributed by atoms with van der Waals surface area (Å²) in [4.78, 5) is 28.6. The van der Waals surface area contributed by atoms with E-state index in [1.54, 1.807) is 16.2 Å². The smallest absolute Gasteiger partial charge is 0.307 e. The first-order chi connectivity index (χ1) is 13.7. The largest absolute Gasteiger partial charge is 0.469 e. The lowest BCUT2D eigenvalue weighted by molar-refractivity contribution is -0.140. The van der Waals surface area contributed by atoms with E-state index in [4.69, 9.17) is 9.47 Å². The van der Waals surface area contributed by atoms with Gasteiger partial charge < -0.3 is 14.4 Å². The molecule has 4 rings (SSSR count). The highest BCUT2D eigenvalue weighted by atomic mass is 32.1. The molecular formula is C22H25NO4S. The van der Waals surface area contributed by atoms with Crippen molar-refractivity contribution >= 4 is 23.2 Å². The van der Waals surface area contributed by atoms with Gasteiger partial charge in [-0.3, -0.25) is 9.59 Å². The Kier molecular flexibility index (Phi) is 5.78. The van der Waals surface area contributed by atoms with Gasteiger partial charge in [-0.2, -0.15) is 0 Å². The number of rotatable bonds is 6. The number of carbonyl (C=O) groups excluding carboxylic acids is 2. The molecule has 1 aromatic heterocycles. The maximum Gasteiger partial charge on any atom is 0.307 e. The SMILES string of the molecule is COC(=O)CCN(CC1CCCO1)C(=O)c1cc2c(s1)-c1ccccc1CC2. The number of thiophene rings is 1. The fourth-order valence-electron chi connectivity index (χ4n) is 3.97. The Bertz CT molecular complexity index is 869. The fraction of sp³-hybridized carbons (Fsp3) is 0.455. The molecule has 1 aliphatic heterocycles. The van der Waals surface area contributed by atoms with E-state index >= 15 is 0 Å². The monoisotopic (exact) mass is 399 g/mol. The van der Waals surface area contributed by atoms with Gasteiger partial charge in [0.2, 0.25) is 0 Å². The summed E-state index contributed by atoms with van der Waals surface area (Å²) >= 11 is 1.56. The van der Waals surface area contributed by atoms with E-state index < -0.39 is 0 Å². The number of nitrogens with zero attached hydrogens (tertiary/aromatic N) is 1. The summed E-state index contributed by atoms with van der Waals surface area (Å²) in [7, 11) is 1.37. The lowest BCUT2D eigenvalue weighted by atomic mass is 9.91. The Morgan fingerprint density at radius 3 is 2.86 bits per heavy atom. The van der Waals surface area contributed by atoms with Crippen molar-refractivity contribution in [2.75, 3.05) is 26.8 Å². The van der Waals surface area contributed by atoms with Gasteiger partial charge in [0.15, 0.2) is 0 Å². The minimum atomic E-state index is -0.301. The van der Waals surface area contributed by atoms with Gasteiger partial charge in [0.25, 0.3) is 5.91 Å². The van der Waals surface area contributed by atoms with Gasteiger partial charge in [0.05, 0.1) is 24.5 Å². The lowest BCUT2D eigenvalue weighted by Gasteiger charge is -2.24. The Morgan fingerprint density at radius 1 is 1.25 bits per heavy atom. The topological polar surface area (TPSA) is 55.8 Å². The summed E-state index contributed by atoms with van der Waals surface area (Å²) in [6.07, 6.45) is 4.20. The summed E-state index contributed by atoms with van der Waals surface area (Å²) in [6.45, 7) is 1.62. The van der Waals surface area contributed by atoms with Gasteiger partial charge >= 0.3 is 5.97 Å². The van der Waals surface area contributed by atoms with Crippen LogP contribution in [0.5, 0.6) is 0 Å². The summed E-state index contributed by atoms with van der Waals surface area (Å²) in [5.41, 5.74) is 3.84. The van der Waals surface area contributed by atoms with Crippen LogP contribution in [0.15, 0.2) is 30.3 Å². The predicted molar refractivity (Wildman–Crippen MR) is 109 cm³/mol. The summed E-state index contributed by atoms with van der Waals surface area (Å²) in [5.74, 6) is -0.319. The first-order valence-corrected chi connectivity index (χ1v) is 10.7. The van der Waals surface area contributed by atoms with Crippen LogP contribution in [0.1, 0.15) is 40.1 Å². The number of ether oxygens (including phenoxy) is 2. The van der Waals surface area contributed by atoms with Gasteiger partial charge in [-0.1, -0.05) is 24.3 Å². The van der Waals surface area contributed by atoms with E-state index in [-0.39, 0.29) is 24.4 Å². The van der Waals surface area contributed by atoms with Crippen LogP contribution in [0.2, 0.25) is 0 Å². The van der Waals surface area contributed by atoms with Crippen molar-refractivity contribution in [3.05, 3.63) is 46.3 Å². The number of benzene rings is 1. The molecule has 28 heavy (non-hydrogen) atoms. The van der Waals surface area contributed by atoms with E-state index in [1.165, 1.54) is 28.7 Å². The second-order valence-electron chi connectivity index (χ2n) is 7.33. The molecule has 2 aliphatic rings. The average molecular weight is 400 g/mol. The molecule has 1 fully saturated rings. The number of methoxy groups -OCH3 is 1. The second kappa shape index (κ2) is 8.45. The van der Waals surface area contributed by atoms with Crippen LogP contribution in [0.25, 0.3) is 10.4 Å². The molecule has 1 aromatic carbocycles. The minimum absolute atomic E-state index is 0.0173. The molecule has 1 unspecified atom stereocenters. The third-order valence-electron chi connectivity index (χ3n) is 5.49. The van der Waals surface area contributed by atoms with Crippen LogP contribution >= 0.6 is 11.3 Å². The van der Waals surface area contributed by atoms with Crippen LogP contribution in [-0.2, 0) is 27.1 Å². The number of amides is 1. The molecule has 2 heterocycles. The van der Waals surface area contributed by atoms with E-state index in [0.717, 1.165) is 37.2 Å². The molecule has 0 N–H and O–H groups in total. The van der Waals surface area contributed by atoms with Gasteiger partial charge in [-0.15, -0.1) is 11.3 Å². The molecule has 0 radical (unpaired) electrons. The van der Waals surface area contributed by atoms with Gasteiger partial charge in [-0.05, 0) is 48.4 Å². The summed E-state index contributed by atoms with van der Waals surface area (Å²) in [5, 5.41) is 0. The fourth-order valence-corrected chi connectivity index (χ4v) is 5.21. The lowest BCUT2D eigenvalue weighted by Crippen LogP contribution is -2.38. The van der Waals surface area contributed by atoms with Gasteiger partial charge in [-0.25, -0.2) is 0 Å². The van der Waals surface area contributed by atoms with Crippen molar-refractivity contribution in [3.8, 4) is 10.4 Å². The molecule has 0 spiro atoms. The maximum atomic E-state index is 13.3. The van der Waals surface area contributed by atoms with Crippen LogP contribution in [-0.4, -0.2) is 49.7 Å². The van der Waals surface area contributed by atoms with E-state index in [2.05, 4.69) is 24.3 Å². The van der Waals surface area contributed by atoms with E-state index in [9.17, 15) is 9.59 Å². The van der Waals surface area contributed by atoms with Crippen molar-refractivity contribution in [2.45, 2.75) is 38.2 Å². The molecule has 5 nitrogen and oxygen atoms in total. The molecule has 2 aromatic rings. The third-order valence-corrected chi connectivity index (χ3v) is 6.69. The zero-order valence-electron chi connectivity index (χ0n) is 16.1. The van der Waals surface area contributed by atoms with Crippen LogP contribution in [0, 0.1) is 0 Å². The van der Waals surface area contributed by atoms with Crippen LogP contribution in [0.4, 0.5) is 0 Å². The molecule has 0 saturated carbocycles. The zero-order chi connectivity index (χ0) is 19.5. The average Bonchev–Trinajstić information content (AvgIpc) is 3.39. The number of hydrogen-bond donors (Lipinski definition) is 0. The van der Waals surface area contributed by atoms with Gasteiger partial charge in [0, 0.05) is 24.6 Å². The van der Waals surface area contributed by atoms with Crippen LogP contribution < -0.4 is 0 Å². The first-order valence-electron chi connectivity index (χ1n) is 9.84. The van der Waals surface area contributed by atoms with E-state index in [1.807, 2.05) is 6.07 Å². The zero-order valence-corrected chi connectivity index (χ0v) is 16.9. The second-order valence-corrected chi connectivity index (χ2v) is 8.39. The van der Waals surface area contributed by atoms with Crippen molar-refractivity contribution < 1.29 is 19.1 Å². The normalized spacial score (nSPS) is 17.7. The molecule has 148 valence electrons. The Balaban J connectivity index is 1.56. The minimum Gasteiger partial charge on any atom is -0.469 e. The number of carbonyl (C=O) groups is 2. The van der Waals surface area contributed by atoms with Crippen molar-refractivity contribution in [3.63, 3.8) is 0 Å². The van der Waals surface area contributed by atoms with Crippen molar-refractivity contribution in [1.82, 2.24) is 4.90 Å². The molecule has 0 bridgehead atoms. The number of fused-ring (bicyclic) bond motifs is 3. The van der Waals surface area contributed by atoms with Crippen LogP contribution in [0.3, 0.4) is 0 Å². The molecule has 6 heteroatoms. The quantitative estimate of drug-likeness (QED) is 0.695. The number of esters is 1. The molecular weight excluding hydrogens is 374 g/mol. The Labute approximate surface area is 169 Å². The highest BCUT2D eigenvalue weighted by molar-refractivity contribution is 7.17. The number of hydrogen-bond acceptors (Lipinski definition) is 5. The highest BCUT2D eigenvalue weighted by Gasteiger charge is 2.27. The van der Waals surface area contributed by atoms with Gasteiger partial charge in [0.1, 0.15) is 0 Å². The first kappa shape index (κ1) is 19.2. The standard InChI is InChI=1S/C22H25NO4S/c1-26-20(24)10-11-23(14-17-6-4-12-27-17)22(25)19-13-16-9-8-15-5-2-3-7-18(15)21(16)28-19/h2-3,5,7,13,17H,4,6,8-12,14H2,1H3. The maximum absolute atomic E-state index is 13.3. The highest BCUT2D eigenvalue weighted by Crippen LogP contribution is 2.39.